The fraction of sp³-hybridized carbons (Fsp3) is 0.176. The molecular weight excluding hydrogens is 386 g/mol. The molecule has 8 heteroatoms. The first kappa shape index (κ1) is 17.1. The molecule has 2 aromatic heterocycles. The third-order valence-corrected chi connectivity index (χ3v) is 3.79. The standard InChI is InChI=1S/C17H16BrN5O2/c1-11-9-12(2)20-17(19-11)21-16(24)15-7-8-23(22-15)10-25-14-5-3-13(18)4-6-14/h3-9H,10H2,1-2H3,(H,19,20,21,24). The summed E-state index contributed by atoms with van der Waals surface area (Å²) < 4.78 is 8.13. The van der Waals surface area contributed by atoms with Gasteiger partial charge in [-0.15, -0.1) is 0 Å². The minimum Gasteiger partial charge on any atom is -0.471 e. The second-order valence-corrected chi connectivity index (χ2v) is 6.31. The molecule has 0 fully saturated rings. The third kappa shape index (κ3) is 4.63. The van der Waals surface area contributed by atoms with Gasteiger partial charge in [-0.3, -0.25) is 10.1 Å². The molecule has 0 atom stereocenters. The number of amides is 1. The highest BCUT2D eigenvalue weighted by Crippen LogP contribution is 2.16. The van der Waals surface area contributed by atoms with E-state index in [1.807, 2.05) is 44.2 Å². The molecule has 0 aliphatic rings. The van der Waals surface area contributed by atoms with Crippen molar-refractivity contribution in [2.75, 3.05) is 5.32 Å². The number of rotatable bonds is 5. The number of nitrogens with zero attached hydrogens (tertiary/aromatic N) is 4. The van der Waals surface area contributed by atoms with E-state index in [0.717, 1.165) is 15.9 Å². The van der Waals surface area contributed by atoms with Crippen molar-refractivity contribution >= 4 is 27.8 Å². The van der Waals surface area contributed by atoms with Crippen LogP contribution in [0.1, 0.15) is 21.9 Å². The van der Waals surface area contributed by atoms with E-state index < -0.39 is 0 Å². The fourth-order valence-electron chi connectivity index (χ4n) is 2.17. The Labute approximate surface area is 153 Å². The van der Waals surface area contributed by atoms with Gasteiger partial charge >= 0.3 is 0 Å². The molecule has 0 saturated heterocycles. The Morgan fingerprint density at radius 2 is 1.84 bits per heavy atom. The Bertz CT molecular complexity index is 872. The predicted molar refractivity (Wildman–Crippen MR) is 96.5 cm³/mol. The molecular formula is C17H16BrN5O2. The lowest BCUT2D eigenvalue weighted by atomic mass is 10.3. The van der Waals surface area contributed by atoms with E-state index in [1.54, 1.807) is 16.9 Å². The molecule has 3 aromatic rings. The van der Waals surface area contributed by atoms with Gasteiger partial charge in [-0.25, -0.2) is 14.6 Å². The maximum Gasteiger partial charge on any atom is 0.278 e. The van der Waals surface area contributed by atoms with Crippen LogP contribution >= 0.6 is 15.9 Å². The van der Waals surface area contributed by atoms with Gasteiger partial charge in [0.1, 0.15) is 5.75 Å². The van der Waals surface area contributed by atoms with Crippen molar-refractivity contribution in [3.63, 3.8) is 0 Å². The molecule has 0 bridgehead atoms. The molecule has 0 aliphatic heterocycles. The van der Waals surface area contributed by atoms with Gasteiger partial charge in [-0.05, 0) is 50.2 Å². The topological polar surface area (TPSA) is 81.9 Å². The van der Waals surface area contributed by atoms with Crippen LogP contribution in [0.3, 0.4) is 0 Å². The van der Waals surface area contributed by atoms with Gasteiger partial charge in [0.05, 0.1) is 0 Å². The highest BCUT2D eigenvalue weighted by molar-refractivity contribution is 9.10. The van der Waals surface area contributed by atoms with E-state index >= 15 is 0 Å². The molecule has 0 spiro atoms. The van der Waals surface area contributed by atoms with Gasteiger partial charge in [0.25, 0.3) is 5.91 Å². The SMILES string of the molecule is Cc1cc(C)nc(NC(=O)c2ccn(COc3ccc(Br)cc3)n2)n1. The van der Waals surface area contributed by atoms with Crippen LogP contribution in [0.5, 0.6) is 5.75 Å². The van der Waals surface area contributed by atoms with Crippen molar-refractivity contribution in [1.82, 2.24) is 19.7 Å². The number of aromatic nitrogens is 4. The lowest BCUT2D eigenvalue weighted by molar-refractivity contribution is 0.101. The van der Waals surface area contributed by atoms with Crippen molar-refractivity contribution in [1.29, 1.82) is 0 Å². The molecule has 0 saturated carbocycles. The van der Waals surface area contributed by atoms with Crippen molar-refractivity contribution < 1.29 is 9.53 Å². The molecule has 0 aliphatic carbocycles. The summed E-state index contributed by atoms with van der Waals surface area (Å²) in [6, 6.07) is 10.9. The summed E-state index contributed by atoms with van der Waals surface area (Å²) in [5.41, 5.74) is 1.84. The molecule has 7 nitrogen and oxygen atoms in total. The van der Waals surface area contributed by atoms with Gasteiger partial charge in [0, 0.05) is 22.1 Å². The summed E-state index contributed by atoms with van der Waals surface area (Å²) in [6.45, 7) is 3.89. The minimum atomic E-state index is -0.368. The largest absolute Gasteiger partial charge is 0.471 e. The molecule has 1 amide bonds. The number of ether oxygens (including phenoxy) is 1. The number of hydrogen-bond acceptors (Lipinski definition) is 5. The van der Waals surface area contributed by atoms with E-state index in [-0.39, 0.29) is 24.3 Å². The van der Waals surface area contributed by atoms with Gasteiger partial charge < -0.3 is 4.74 Å². The number of carbonyl (C=O) groups is 1. The van der Waals surface area contributed by atoms with Crippen LogP contribution in [-0.2, 0) is 6.73 Å². The van der Waals surface area contributed by atoms with E-state index in [2.05, 4.69) is 36.3 Å². The third-order valence-electron chi connectivity index (χ3n) is 3.26. The molecule has 3 rings (SSSR count). The van der Waals surface area contributed by atoms with Gasteiger partial charge in [0.2, 0.25) is 5.95 Å². The van der Waals surface area contributed by atoms with Crippen LogP contribution in [0.2, 0.25) is 0 Å². The number of aryl methyl sites for hydroxylation is 2. The van der Waals surface area contributed by atoms with Crippen molar-refractivity contribution in [3.05, 3.63) is 64.1 Å². The second-order valence-electron chi connectivity index (χ2n) is 5.40. The Hall–Kier alpha value is -2.74. The minimum absolute atomic E-state index is 0.203. The Morgan fingerprint density at radius 1 is 1.16 bits per heavy atom. The van der Waals surface area contributed by atoms with E-state index in [9.17, 15) is 4.79 Å². The predicted octanol–water partition coefficient (Wildman–Crippen LogP) is 3.34. The normalized spacial score (nSPS) is 10.5. The van der Waals surface area contributed by atoms with E-state index in [1.165, 1.54) is 0 Å². The summed E-state index contributed by atoms with van der Waals surface area (Å²) >= 11 is 3.37. The zero-order chi connectivity index (χ0) is 17.8. The Kier molecular flexibility index (Phi) is 5.08. The van der Waals surface area contributed by atoms with Crippen LogP contribution in [-0.4, -0.2) is 25.7 Å². The number of hydrogen-bond donors (Lipinski definition) is 1. The summed E-state index contributed by atoms with van der Waals surface area (Å²) in [7, 11) is 0. The smallest absolute Gasteiger partial charge is 0.278 e. The lowest BCUT2D eigenvalue weighted by Crippen LogP contribution is -2.16. The zero-order valence-corrected chi connectivity index (χ0v) is 15.3. The van der Waals surface area contributed by atoms with Crippen LogP contribution in [0, 0.1) is 13.8 Å². The fourth-order valence-corrected chi connectivity index (χ4v) is 2.44. The molecule has 1 aromatic carbocycles. The van der Waals surface area contributed by atoms with E-state index in [4.69, 9.17) is 4.74 Å². The van der Waals surface area contributed by atoms with Crippen molar-refractivity contribution in [2.24, 2.45) is 0 Å². The number of carbonyl (C=O) groups excluding carboxylic acids is 1. The number of nitrogens with one attached hydrogen (secondary N) is 1. The molecule has 128 valence electrons. The molecule has 0 unspecified atom stereocenters. The second kappa shape index (κ2) is 7.43. The lowest BCUT2D eigenvalue weighted by Gasteiger charge is -2.06. The number of benzene rings is 1. The van der Waals surface area contributed by atoms with Crippen LogP contribution < -0.4 is 10.1 Å². The number of anilines is 1. The van der Waals surface area contributed by atoms with Gasteiger partial charge in [-0.1, -0.05) is 15.9 Å². The zero-order valence-electron chi connectivity index (χ0n) is 13.7. The molecule has 25 heavy (non-hydrogen) atoms. The van der Waals surface area contributed by atoms with Crippen LogP contribution in [0.25, 0.3) is 0 Å². The number of halogens is 1. The highest BCUT2D eigenvalue weighted by Gasteiger charge is 2.12. The molecule has 0 radical (unpaired) electrons. The summed E-state index contributed by atoms with van der Waals surface area (Å²) in [6.07, 6.45) is 1.68. The van der Waals surface area contributed by atoms with E-state index in [0.29, 0.717) is 5.75 Å². The summed E-state index contributed by atoms with van der Waals surface area (Å²) in [4.78, 5) is 20.6. The Balaban J connectivity index is 1.62. The first-order valence-corrected chi connectivity index (χ1v) is 8.34. The van der Waals surface area contributed by atoms with Crippen LogP contribution in [0.15, 0.2) is 47.1 Å². The molecule has 1 N–H and O–H groups in total. The van der Waals surface area contributed by atoms with Crippen LogP contribution in [0.4, 0.5) is 5.95 Å². The summed E-state index contributed by atoms with van der Waals surface area (Å²) in [5, 5.41) is 6.85. The average molecular weight is 402 g/mol. The first-order valence-electron chi connectivity index (χ1n) is 7.55. The van der Waals surface area contributed by atoms with Gasteiger partial charge in [0.15, 0.2) is 12.4 Å². The summed E-state index contributed by atoms with van der Waals surface area (Å²) in [5.74, 6) is 0.615. The monoisotopic (exact) mass is 401 g/mol. The first-order chi connectivity index (χ1) is 12.0. The Morgan fingerprint density at radius 3 is 2.52 bits per heavy atom. The van der Waals surface area contributed by atoms with Crippen molar-refractivity contribution in [3.8, 4) is 5.75 Å². The maximum absolute atomic E-state index is 12.2. The molecule has 2 heterocycles. The maximum atomic E-state index is 12.2. The van der Waals surface area contributed by atoms with Crippen molar-refractivity contribution in [2.45, 2.75) is 20.6 Å². The average Bonchev–Trinajstić information content (AvgIpc) is 3.02. The van der Waals surface area contributed by atoms with Gasteiger partial charge in [-0.2, -0.15) is 5.10 Å². The highest BCUT2D eigenvalue weighted by atomic mass is 79.9. The quantitative estimate of drug-likeness (QED) is 0.708.